The summed E-state index contributed by atoms with van der Waals surface area (Å²) in [6.07, 6.45) is 0.0505. The molecule has 4 atom stereocenters. The van der Waals surface area contributed by atoms with Gasteiger partial charge in [0.1, 0.15) is 41.7 Å². The number of aromatic nitrogens is 4. The lowest BCUT2D eigenvalue weighted by atomic mass is 9.80. The molecule has 3 heterocycles. The van der Waals surface area contributed by atoms with Crippen molar-refractivity contribution in [2.24, 2.45) is 4.99 Å². The van der Waals surface area contributed by atoms with Gasteiger partial charge in [-0.15, -0.1) is 0 Å². The van der Waals surface area contributed by atoms with Gasteiger partial charge in [0, 0.05) is 14.1 Å². The summed E-state index contributed by atoms with van der Waals surface area (Å²) in [5, 5.41) is 22.5. The van der Waals surface area contributed by atoms with E-state index in [1.807, 2.05) is 93.0 Å². The predicted molar refractivity (Wildman–Crippen MR) is 171 cm³/mol. The van der Waals surface area contributed by atoms with Gasteiger partial charge in [0.25, 0.3) is 0 Å². The van der Waals surface area contributed by atoms with Crippen molar-refractivity contribution in [2.75, 3.05) is 34.9 Å². The Kier molecular flexibility index (Phi) is 8.95. The number of methoxy groups -OCH3 is 2. The number of benzene rings is 3. The summed E-state index contributed by atoms with van der Waals surface area (Å²) >= 11 is 0. The molecule has 0 radical (unpaired) electrons. The van der Waals surface area contributed by atoms with Crippen molar-refractivity contribution >= 4 is 23.3 Å². The standard InChI is InChI=1S/C34H36N6O6/c1-39(2)20-38-31-28-32(36-19-35-31)40(21-37-28)33-30(42)29(41)27(46-33)18-45-34(22-8-6-5-7-9-22,23-10-14-25(43-3)15-11-23)24-12-16-26(44-4)17-13-24/h5-17,19-21,27,29-30,33,41-42H,18H2,1-4H3/b38-20+/t27-,29-,30-,33-/m1/s1. The summed E-state index contributed by atoms with van der Waals surface area (Å²) in [6, 6.07) is 25.1. The topological polar surface area (TPSA) is 137 Å². The van der Waals surface area contributed by atoms with Gasteiger partial charge in [-0.25, -0.2) is 19.9 Å². The summed E-state index contributed by atoms with van der Waals surface area (Å²) < 4.78 is 25.7. The highest BCUT2D eigenvalue weighted by Crippen LogP contribution is 2.43. The molecule has 0 bridgehead atoms. The third kappa shape index (κ3) is 5.79. The predicted octanol–water partition coefficient (Wildman–Crippen LogP) is 3.69. The van der Waals surface area contributed by atoms with Crippen molar-refractivity contribution < 1.29 is 29.2 Å². The van der Waals surface area contributed by atoms with E-state index in [0.717, 1.165) is 16.7 Å². The zero-order valence-electron chi connectivity index (χ0n) is 26.0. The van der Waals surface area contributed by atoms with E-state index in [1.54, 1.807) is 30.0 Å². The van der Waals surface area contributed by atoms with Crippen molar-refractivity contribution in [3.63, 3.8) is 0 Å². The number of aliphatic imine (C=N–C) groups is 1. The fourth-order valence-corrected chi connectivity index (χ4v) is 5.67. The fraction of sp³-hybridized carbons (Fsp3) is 0.294. The molecule has 1 fully saturated rings. The molecule has 0 saturated carbocycles. The molecule has 0 aliphatic carbocycles. The highest BCUT2D eigenvalue weighted by molar-refractivity contribution is 5.83. The summed E-state index contributed by atoms with van der Waals surface area (Å²) in [5.41, 5.74) is 2.24. The molecular formula is C34H36N6O6. The average molecular weight is 625 g/mol. The van der Waals surface area contributed by atoms with Crippen LogP contribution in [0.15, 0.2) is 96.5 Å². The highest BCUT2D eigenvalue weighted by Gasteiger charge is 2.47. The monoisotopic (exact) mass is 624 g/mol. The van der Waals surface area contributed by atoms with E-state index >= 15 is 0 Å². The molecule has 6 rings (SSSR count). The van der Waals surface area contributed by atoms with Crippen LogP contribution in [0.2, 0.25) is 0 Å². The first kappa shape index (κ1) is 31.1. The Labute approximate surface area is 266 Å². The molecule has 1 saturated heterocycles. The third-order valence-electron chi connectivity index (χ3n) is 8.00. The molecule has 1 aliphatic heterocycles. The van der Waals surface area contributed by atoms with Crippen LogP contribution in [0, 0.1) is 0 Å². The Morgan fingerprint density at radius 3 is 2.04 bits per heavy atom. The van der Waals surface area contributed by atoms with E-state index in [2.05, 4.69) is 19.9 Å². The molecule has 0 spiro atoms. The van der Waals surface area contributed by atoms with Gasteiger partial charge >= 0.3 is 0 Å². The van der Waals surface area contributed by atoms with Crippen molar-refractivity contribution in [3.8, 4) is 11.5 Å². The Balaban J connectivity index is 1.36. The molecule has 46 heavy (non-hydrogen) atoms. The van der Waals surface area contributed by atoms with Crippen LogP contribution in [-0.2, 0) is 15.1 Å². The molecular weight excluding hydrogens is 588 g/mol. The first-order valence-electron chi connectivity index (χ1n) is 14.7. The van der Waals surface area contributed by atoms with Crippen LogP contribution < -0.4 is 9.47 Å². The largest absolute Gasteiger partial charge is 0.497 e. The van der Waals surface area contributed by atoms with Crippen LogP contribution in [-0.4, -0.2) is 94.2 Å². The SMILES string of the molecule is COc1ccc(C(OC[C@H]2O[C@@H](n3cnc4c(/N=C/N(C)C)ncnc43)[C@H](O)[C@@H]2O)(c2ccccc2)c2ccc(OC)cc2)cc1. The van der Waals surface area contributed by atoms with Gasteiger partial charge < -0.3 is 34.1 Å². The highest BCUT2D eigenvalue weighted by atomic mass is 16.6. The van der Waals surface area contributed by atoms with Gasteiger partial charge in [-0.1, -0.05) is 54.6 Å². The number of hydrogen-bond donors (Lipinski definition) is 2. The number of aliphatic hydroxyl groups is 2. The third-order valence-corrected chi connectivity index (χ3v) is 8.00. The number of aliphatic hydroxyl groups excluding tert-OH is 2. The minimum atomic E-state index is -1.29. The molecule has 0 amide bonds. The van der Waals surface area contributed by atoms with E-state index in [4.69, 9.17) is 18.9 Å². The summed E-state index contributed by atoms with van der Waals surface area (Å²) in [7, 11) is 6.94. The second kappa shape index (κ2) is 13.2. The van der Waals surface area contributed by atoms with Crippen LogP contribution >= 0.6 is 0 Å². The van der Waals surface area contributed by atoms with E-state index in [0.29, 0.717) is 28.5 Å². The maximum atomic E-state index is 11.3. The Morgan fingerprint density at radius 2 is 1.46 bits per heavy atom. The van der Waals surface area contributed by atoms with Gasteiger partial charge in [0.05, 0.1) is 33.5 Å². The quantitative estimate of drug-likeness (QED) is 0.127. The van der Waals surface area contributed by atoms with E-state index in [9.17, 15) is 10.2 Å². The molecule has 2 N–H and O–H groups in total. The Bertz CT molecular complexity index is 1730. The van der Waals surface area contributed by atoms with E-state index in [1.165, 1.54) is 12.7 Å². The van der Waals surface area contributed by atoms with Gasteiger partial charge in [-0.3, -0.25) is 4.57 Å². The number of ether oxygens (including phenoxy) is 4. The second-order valence-electron chi connectivity index (χ2n) is 11.1. The van der Waals surface area contributed by atoms with Crippen LogP contribution in [0.1, 0.15) is 22.9 Å². The van der Waals surface area contributed by atoms with Crippen LogP contribution in [0.4, 0.5) is 5.82 Å². The van der Waals surface area contributed by atoms with E-state index in [-0.39, 0.29) is 6.61 Å². The Hall–Kier alpha value is -4.88. The first-order valence-corrected chi connectivity index (χ1v) is 14.7. The maximum Gasteiger partial charge on any atom is 0.184 e. The molecule has 3 aromatic carbocycles. The molecule has 2 aromatic heterocycles. The van der Waals surface area contributed by atoms with Gasteiger partial charge in [0.15, 0.2) is 23.2 Å². The summed E-state index contributed by atoms with van der Waals surface area (Å²) in [4.78, 5) is 19.2. The van der Waals surface area contributed by atoms with Crippen LogP contribution in [0.25, 0.3) is 11.2 Å². The summed E-state index contributed by atoms with van der Waals surface area (Å²) in [6.45, 7) is -0.0678. The fourth-order valence-electron chi connectivity index (χ4n) is 5.67. The smallest absolute Gasteiger partial charge is 0.184 e. The molecule has 5 aromatic rings. The lowest BCUT2D eigenvalue weighted by Crippen LogP contribution is -2.39. The van der Waals surface area contributed by atoms with Crippen molar-refractivity contribution in [1.82, 2.24) is 24.4 Å². The Morgan fingerprint density at radius 1 is 0.848 bits per heavy atom. The van der Waals surface area contributed by atoms with Gasteiger partial charge in [-0.05, 0) is 41.0 Å². The van der Waals surface area contributed by atoms with Crippen molar-refractivity contribution in [1.29, 1.82) is 0 Å². The van der Waals surface area contributed by atoms with Crippen LogP contribution in [0.5, 0.6) is 11.5 Å². The summed E-state index contributed by atoms with van der Waals surface area (Å²) in [5.74, 6) is 1.78. The van der Waals surface area contributed by atoms with E-state index < -0.39 is 30.1 Å². The number of rotatable bonds is 11. The first-order chi connectivity index (χ1) is 22.3. The van der Waals surface area contributed by atoms with Gasteiger partial charge in [0.2, 0.25) is 0 Å². The number of hydrogen-bond acceptors (Lipinski definition) is 10. The second-order valence-corrected chi connectivity index (χ2v) is 11.1. The average Bonchev–Trinajstić information content (AvgIpc) is 3.65. The molecule has 238 valence electrons. The molecule has 12 nitrogen and oxygen atoms in total. The normalized spacial score (nSPS) is 20.0. The lowest BCUT2D eigenvalue weighted by Gasteiger charge is -2.37. The lowest BCUT2D eigenvalue weighted by molar-refractivity contribution is -0.0942. The van der Waals surface area contributed by atoms with Crippen LogP contribution in [0.3, 0.4) is 0 Å². The molecule has 0 unspecified atom stereocenters. The number of imidazole rings is 1. The minimum absolute atomic E-state index is 0.0678. The number of nitrogens with zero attached hydrogens (tertiary/aromatic N) is 6. The zero-order chi connectivity index (χ0) is 32.3. The van der Waals surface area contributed by atoms with Gasteiger partial charge in [-0.2, -0.15) is 0 Å². The zero-order valence-corrected chi connectivity index (χ0v) is 26.0. The molecule has 12 heteroatoms. The number of fused-ring (bicyclic) bond motifs is 1. The maximum absolute atomic E-state index is 11.3. The van der Waals surface area contributed by atoms with Crippen molar-refractivity contribution in [2.45, 2.75) is 30.1 Å². The van der Waals surface area contributed by atoms with Crippen molar-refractivity contribution in [3.05, 3.63) is 108 Å². The molecule has 1 aliphatic rings. The minimum Gasteiger partial charge on any atom is -0.497 e.